The second kappa shape index (κ2) is 7.56. The molecule has 1 atom stereocenters. The van der Waals surface area contributed by atoms with Gasteiger partial charge in [-0.15, -0.1) is 0 Å². The first-order valence-electron chi connectivity index (χ1n) is 7.38. The lowest BCUT2D eigenvalue weighted by Gasteiger charge is -2.25. The minimum atomic E-state index is -0.767. The SMILES string of the molecule is CCOC(=O)c1cnn(C)c1CNCC(C)(O)CC(C)C. The third kappa shape index (κ3) is 5.47. The lowest BCUT2D eigenvalue weighted by Crippen LogP contribution is -2.39. The maximum absolute atomic E-state index is 11.8. The molecule has 0 amide bonds. The van der Waals surface area contributed by atoms with Crippen LogP contribution in [0.4, 0.5) is 0 Å². The number of aryl methyl sites for hydroxylation is 1. The standard InChI is InChI=1S/C15H27N3O3/c1-6-21-14(19)12-8-17-18(5)13(12)9-16-10-15(4,20)7-11(2)3/h8,11,16,20H,6-7,9-10H2,1-5H3. The number of aliphatic hydroxyl groups is 1. The number of hydrogen-bond acceptors (Lipinski definition) is 5. The Morgan fingerprint density at radius 3 is 2.81 bits per heavy atom. The van der Waals surface area contributed by atoms with E-state index in [1.807, 2.05) is 6.92 Å². The van der Waals surface area contributed by atoms with Crippen LogP contribution in [0.5, 0.6) is 0 Å². The van der Waals surface area contributed by atoms with Gasteiger partial charge in [0.2, 0.25) is 0 Å². The Morgan fingerprint density at radius 2 is 2.24 bits per heavy atom. The number of aromatic nitrogens is 2. The molecule has 0 spiro atoms. The minimum Gasteiger partial charge on any atom is -0.462 e. The van der Waals surface area contributed by atoms with Gasteiger partial charge in [0.15, 0.2) is 0 Å². The molecule has 6 heteroatoms. The first-order chi connectivity index (χ1) is 9.76. The zero-order valence-electron chi connectivity index (χ0n) is 13.6. The summed E-state index contributed by atoms with van der Waals surface area (Å²) in [4.78, 5) is 11.8. The van der Waals surface area contributed by atoms with Crippen LogP contribution in [0.1, 0.15) is 50.2 Å². The summed E-state index contributed by atoms with van der Waals surface area (Å²) in [6.45, 7) is 8.99. The summed E-state index contributed by atoms with van der Waals surface area (Å²) >= 11 is 0. The van der Waals surface area contributed by atoms with Crippen molar-refractivity contribution in [2.24, 2.45) is 13.0 Å². The first-order valence-corrected chi connectivity index (χ1v) is 7.38. The topological polar surface area (TPSA) is 76.4 Å². The molecule has 1 aromatic rings. The molecule has 1 aromatic heterocycles. The monoisotopic (exact) mass is 297 g/mol. The minimum absolute atomic E-state index is 0.337. The Labute approximate surface area is 126 Å². The van der Waals surface area contributed by atoms with Gasteiger partial charge in [0, 0.05) is 20.1 Å². The Kier molecular flexibility index (Phi) is 6.36. The molecule has 0 bridgehead atoms. The highest BCUT2D eigenvalue weighted by molar-refractivity contribution is 5.90. The molecule has 0 saturated heterocycles. The number of hydrogen-bond donors (Lipinski definition) is 2. The fourth-order valence-corrected chi connectivity index (χ4v) is 2.45. The molecule has 0 radical (unpaired) electrons. The van der Waals surface area contributed by atoms with E-state index in [2.05, 4.69) is 24.3 Å². The number of nitrogens with zero attached hydrogens (tertiary/aromatic N) is 2. The molecule has 0 aliphatic carbocycles. The number of carbonyl (C=O) groups excluding carboxylic acids is 1. The van der Waals surface area contributed by atoms with E-state index in [9.17, 15) is 9.90 Å². The predicted molar refractivity (Wildman–Crippen MR) is 81.0 cm³/mol. The molecule has 0 fully saturated rings. The van der Waals surface area contributed by atoms with Gasteiger partial charge in [-0.2, -0.15) is 5.10 Å². The fraction of sp³-hybridized carbons (Fsp3) is 0.733. The molecule has 1 heterocycles. The largest absolute Gasteiger partial charge is 0.462 e. The van der Waals surface area contributed by atoms with Gasteiger partial charge in [0.25, 0.3) is 0 Å². The van der Waals surface area contributed by atoms with Gasteiger partial charge >= 0.3 is 5.97 Å². The van der Waals surface area contributed by atoms with E-state index in [0.717, 1.165) is 12.1 Å². The van der Waals surface area contributed by atoms with E-state index in [4.69, 9.17) is 4.74 Å². The highest BCUT2D eigenvalue weighted by Crippen LogP contribution is 2.16. The van der Waals surface area contributed by atoms with Crippen molar-refractivity contribution in [3.63, 3.8) is 0 Å². The molecule has 2 N–H and O–H groups in total. The predicted octanol–water partition coefficient (Wildman–Crippen LogP) is 1.48. The summed E-state index contributed by atoms with van der Waals surface area (Å²) in [5.41, 5.74) is 0.459. The summed E-state index contributed by atoms with van der Waals surface area (Å²) < 4.78 is 6.66. The zero-order chi connectivity index (χ0) is 16.0. The van der Waals surface area contributed by atoms with Crippen molar-refractivity contribution < 1.29 is 14.6 Å². The Hall–Kier alpha value is -1.40. The average Bonchev–Trinajstić information content (AvgIpc) is 2.69. The number of nitrogens with one attached hydrogen (secondary N) is 1. The van der Waals surface area contributed by atoms with Crippen LogP contribution in [0.3, 0.4) is 0 Å². The van der Waals surface area contributed by atoms with Crippen molar-refractivity contribution in [3.8, 4) is 0 Å². The third-order valence-electron chi connectivity index (χ3n) is 3.20. The Morgan fingerprint density at radius 1 is 1.57 bits per heavy atom. The van der Waals surface area contributed by atoms with Crippen molar-refractivity contribution >= 4 is 5.97 Å². The van der Waals surface area contributed by atoms with Gasteiger partial charge in [0.1, 0.15) is 5.56 Å². The molecule has 0 aromatic carbocycles. The molecule has 6 nitrogen and oxygen atoms in total. The van der Waals surface area contributed by atoms with Crippen molar-refractivity contribution in [2.75, 3.05) is 13.2 Å². The Bertz CT molecular complexity index is 467. The van der Waals surface area contributed by atoms with Crippen LogP contribution in [0, 0.1) is 5.92 Å². The first kappa shape index (κ1) is 17.7. The highest BCUT2D eigenvalue weighted by atomic mass is 16.5. The lowest BCUT2D eigenvalue weighted by atomic mass is 9.94. The van der Waals surface area contributed by atoms with Gasteiger partial charge in [-0.1, -0.05) is 13.8 Å². The second-order valence-corrected chi connectivity index (χ2v) is 6.05. The van der Waals surface area contributed by atoms with Crippen LogP contribution in [0.15, 0.2) is 6.20 Å². The van der Waals surface area contributed by atoms with E-state index in [0.29, 0.717) is 31.2 Å². The molecule has 0 saturated carbocycles. The summed E-state index contributed by atoms with van der Waals surface area (Å²) in [6.07, 6.45) is 2.23. The molecule has 1 unspecified atom stereocenters. The van der Waals surface area contributed by atoms with Crippen LogP contribution in [-0.4, -0.2) is 39.6 Å². The quantitative estimate of drug-likeness (QED) is 0.711. The summed E-state index contributed by atoms with van der Waals surface area (Å²) in [6, 6.07) is 0. The van der Waals surface area contributed by atoms with E-state index >= 15 is 0 Å². The van der Waals surface area contributed by atoms with Crippen molar-refractivity contribution in [1.29, 1.82) is 0 Å². The molecular weight excluding hydrogens is 270 g/mol. The second-order valence-electron chi connectivity index (χ2n) is 6.05. The fourth-order valence-electron chi connectivity index (χ4n) is 2.45. The van der Waals surface area contributed by atoms with Crippen LogP contribution in [-0.2, 0) is 18.3 Å². The lowest BCUT2D eigenvalue weighted by molar-refractivity contribution is 0.0382. The summed E-state index contributed by atoms with van der Waals surface area (Å²) in [7, 11) is 1.78. The number of rotatable bonds is 8. The highest BCUT2D eigenvalue weighted by Gasteiger charge is 2.22. The number of ether oxygens (including phenoxy) is 1. The van der Waals surface area contributed by atoms with Crippen LogP contribution < -0.4 is 5.32 Å². The molecule has 0 aliphatic heterocycles. The smallest absolute Gasteiger partial charge is 0.341 e. The van der Waals surface area contributed by atoms with Crippen LogP contribution in [0.25, 0.3) is 0 Å². The van der Waals surface area contributed by atoms with Crippen LogP contribution in [0.2, 0.25) is 0 Å². The summed E-state index contributed by atoms with van der Waals surface area (Å²) in [5, 5.41) is 17.6. The van der Waals surface area contributed by atoms with Crippen molar-refractivity contribution in [3.05, 3.63) is 17.5 Å². The third-order valence-corrected chi connectivity index (χ3v) is 3.20. The van der Waals surface area contributed by atoms with E-state index in [1.165, 1.54) is 6.20 Å². The van der Waals surface area contributed by atoms with E-state index in [1.54, 1.807) is 18.7 Å². The van der Waals surface area contributed by atoms with E-state index < -0.39 is 5.60 Å². The molecular formula is C15H27N3O3. The molecule has 1 rings (SSSR count). The van der Waals surface area contributed by atoms with Gasteiger partial charge in [-0.25, -0.2) is 4.79 Å². The molecule has 0 aliphatic rings. The van der Waals surface area contributed by atoms with E-state index in [-0.39, 0.29) is 5.97 Å². The van der Waals surface area contributed by atoms with Crippen LogP contribution >= 0.6 is 0 Å². The molecule has 120 valence electrons. The zero-order valence-corrected chi connectivity index (χ0v) is 13.6. The normalized spacial score (nSPS) is 14.2. The van der Waals surface area contributed by atoms with Crippen molar-refractivity contribution in [1.82, 2.24) is 15.1 Å². The summed E-state index contributed by atoms with van der Waals surface area (Å²) in [5.74, 6) is 0.0601. The van der Waals surface area contributed by atoms with Gasteiger partial charge in [-0.3, -0.25) is 4.68 Å². The average molecular weight is 297 g/mol. The molecule has 21 heavy (non-hydrogen) atoms. The maximum atomic E-state index is 11.8. The number of carbonyl (C=O) groups is 1. The van der Waals surface area contributed by atoms with Gasteiger partial charge in [0.05, 0.1) is 24.1 Å². The maximum Gasteiger partial charge on any atom is 0.341 e. The van der Waals surface area contributed by atoms with Crippen molar-refractivity contribution in [2.45, 2.75) is 46.3 Å². The Balaban J connectivity index is 2.63. The van der Waals surface area contributed by atoms with Gasteiger partial charge < -0.3 is 15.2 Å². The van der Waals surface area contributed by atoms with Gasteiger partial charge in [-0.05, 0) is 26.2 Å². The number of esters is 1.